The van der Waals surface area contributed by atoms with Gasteiger partial charge in [-0.3, -0.25) is 4.79 Å². The molecule has 1 N–H and O–H groups in total. The van der Waals surface area contributed by atoms with Crippen molar-refractivity contribution in [1.29, 1.82) is 0 Å². The second-order valence-electron chi connectivity index (χ2n) is 6.39. The molecule has 0 aromatic heterocycles. The third kappa shape index (κ3) is 6.24. The Labute approximate surface area is 155 Å². The highest BCUT2D eigenvalue weighted by molar-refractivity contribution is 5.81. The van der Waals surface area contributed by atoms with Crippen molar-refractivity contribution >= 4 is 12.1 Å². The SMILES string of the molecule is CC(=O)NN=Cc1ccc(OCCOc2cc(C)ccc2C(C)C)cc1. The molecule has 0 aliphatic rings. The normalized spacial score (nSPS) is 11.0. The lowest BCUT2D eigenvalue weighted by Gasteiger charge is -2.15. The maximum Gasteiger partial charge on any atom is 0.236 e. The first-order valence-corrected chi connectivity index (χ1v) is 8.71. The van der Waals surface area contributed by atoms with E-state index in [0.717, 1.165) is 17.1 Å². The first-order chi connectivity index (χ1) is 12.5. The van der Waals surface area contributed by atoms with Crippen LogP contribution in [0.15, 0.2) is 47.6 Å². The Hall–Kier alpha value is -2.82. The maximum atomic E-state index is 10.8. The Balaban J connectivity index is 1.82. The van der Waals surface area contributed by atoms with Gasteiger partial charge in [0.25, 0.3) is 0 Å². The lowest BCUT2D eigenvalue weighted by Crippen LogP contribution is -2.12. The fourth-order valence-corrected chi connectivity index (χ4v) is 2.40. The molecule has 0 fully saturated rings. The predicted molar refractivity (Wildman–Crippen MR) is 104 cm³/mol. The number of hydrogen-bond acceptors (Lipinski definition) is 4. The van der Waals surface area contributed by atoms with Gasteiger partial charge in [0.15, 0.2) is 0 Å². The minimum atomic E-state index is -0.199. The summed E-state index contributed by atoms with van der Waals surface area (Å²) in [6.45, 7) is 8.73. The van der Waals surface area contributed by atoms with Crippen LogP contribution in [0.4, 0.5) is 0 Å². The predicted octanol–water partition coefficient (Wildman–Crippen LogP) is 4.05. The molecule has 0 saturated heterocycles. The molecule has 2 rings (SSSR count). The molecule has 0 radical (unpaired) electrons. The molecular weight excluding hydrogens is 328 g/mol. The van der Waals surface area contributed by atoms with Crippen LogP contribution >= 0.6 is 0 Å². The molecular formula is C21H26N2O3. The van der Waals surface area contributed by atoms with Gasteiger partial charge in [-0.2, -0.15) is 5.10 Å². The van der Waals surface area contributed by atoms with Gasteiger partial charge in [0.2, 0.25) is 5.91 Å². The van der Waals surface area contributed by atoms with Crippen molar-refractivity contribution < 1.29 is 14.3 Å². The number of rotatable bonds is 8. The van der Waals surface area contributed by atoms with Gasteiger partial charge in [0.1, 0.15) is 24.7 Å². The van der Waals surface area contributed by atoms with Gasteiger partial charge in [-0.25, -0.2) is 5.43 Å². The Bertz CT molecular complexity index is 752. The van der Waals surface area contributed by atoms with Crippen molar-refractivity contribution in [3.63, 3.8) is 0 Å². The van der Waals surface area contributed by atoms with E-state index < -0.39 is 0 Å². The fraction of sp³-hybridized carbons (Fsp3) is 0.333. The van der Waals surface area contributed by atoms with Crippen LogP contribution in [0.5, 0.6) is 11.5 Å². The lowest BCUT2D eigenvalue weighted by molar-refractivity contribution is -0.118. The molecule has 2 aromatic carbocycles. The molecule has 5 heteroatoms. The van der Waals surface area contributed by atoms with E-state index >= 15 is 0 Å². The molecule has 0 spiro atoms. The first kappa shape index (κ1) is 19.5. The summed E-state index contributed by atoms with van der Waals surface area (Å²) >= 11 is 0. The van der Waals surface area contributed by atoms with Crippen LogP contribution in [0.25, 0.3) is 0 Å². The van der Waals surface area contributed by atoms with Crippen LogP contribution in [0.1, 0.15) is 43.4 Å². The number of ether oxygens (including phenoxy) is 2. The minimum absolute atomic E-state index is 0.199. The topological polar surface area (TPSA) is 59.9 Å². The summed E-state index contributed by atoms with van der Waals surface area (Å²) in [7, 11) is 0. The smallest absolute Gasteiger partial charge is 0.236 e. The zero-order valence-electron chi connectivity index (χ0n) is 15.8. The zero-order valence-corrected chi connectivity index (χ0v) is 15.8. The molecule has 0 aliphatic heterocycles. The highest BCUT2D eigenvalue weighted by atomic mass is 16.5. The molecule has 0 unspecified atom stereocenters. The van der Waals surface area contributed by atoms with Crippen molar-refractivity contribution in [3.8, 4) is 11.5 Å². The average molecular weight is 354 g/mol. The maximum absolute atomic E-state index is 10.8. The molecule has 0 heterocycles. The van der Waals surface area contributed by atoms with Gasteiger partial charge in [0.05, 0.1) is 6.21 Å². The monoisotopic (exact) mass is 354 g/mol. The third-order valence-corrected chi connectivity index (χ3v) is 3.72. The molecule has 26 heavy (non-hydrogen) atoms. The summed E-state index contributed by atoms with van der Waals surface area (Å²) < 4.78 is 11.6. The molecule has 0 aliphatic carbocycles. The summed E-state index contributed by atoms with van der Waals surface area (Å²) in [6, 6.07) is 13.8. The first-order valence-electron chi connectivity index (χ1n) is 8.71. The molecule has 1 amide bonds. The zero-order chi connectivity index (χ0) is 18.9. The number of amides is 1. The van der Waals surface area contributed by atoms with Crippen LogP contribution in [0.3, 0.4) is 0 Å². The Morgan fingerprint density at radius 3 is 2.46 bits per heavy atom. The molecule has 0 bridgehead atoms. The third-order valence-electron chi connectivity index (χ3n) is 3.72. The van der Waals surface area contributed by atoms with Crippen molar-refractivity contribution in [2.45, 2.75) is 33.6 Å². The van der Waals surface area contributed by atoms with Crippen LogP contribution in [0.2, 0.25) is 0 Å². The molecule has 138 valence electrons. The van der Waals surface area contributed by atoms with Crippen molar-refractivity contribution in [1.82, 2.24) is 5.43 Å². The van der Waals surface area contributed by atoms with Gasteiger partial charge in [-0.05, 0) is 59.9 Å². The quantitative estimate of drug-likeness (QED) is 0.442. The number of carbonyl (C=O) groups is 1. The second kappa shape index (κ2) is 9.61. The second-order valence-corrected chi connectivity index (χ2v) is 6.39. The van der Waals surface area contributed by atoms with E-state index in [2.05, 4.69) is 49.5 Å². The number of carbonyl (C=O) groups excluding carboxylic acids is 1. The van der Waals surface area contributed by atoms with Crippen LogP contribution in [-0.4, -0.2) is 25.3 Å². The number of hydrogen-bond donors (Lipinski definition) is 1. The van der Waals surface area contributed by atoms with Gasteiger partial charge in [-0.15, -0.1) is 0 Å². The van der Waals surface area contributed by atoms with E-state index in [1.54, 1.807) is 6.21 Å². The Kier molecular flexibility index (Phi) is 7.21. The standard InChI is InChI=1S/C21H26N2O3/c1-15(2)20-10-5-16(3)13-21(20)26-12-11-25-19-8-6-18(7-9-19)14-22-23-17(4)24/h5-10,13-15H,11-12H2,1-4H3,(H,23,24). The van der Waals surface area contributed by atoms with Gasteiger partial charge in [0, 0.05) is 6.92 Å². The van der Waals surface area contributed by atoms with Crippen molar-refractivity contribution in [2.75, 3.05) is 13.2 Å². The van der Waals surface area contributed by atoms with E-state index in [0.29, 0.717) is 19.1 Å². The summed E-state index contributed by atoms with van der Waals surface area (Å²) in [5.41, 5.74) is 5.63. The van der Waals surface area contributed by atoms with Crippen molar-refractivity contribution in [2.24, 2.45) is 5.10 Å². The molecule has 2 aromatic rings. The van der Waals surface area contributed by atoms with Crippen LogP contribution < -0.4 is 14.9 Å². The largest absolute Gasteiger partial charge is 0.490 e. The number of nitrogens with one attached hydrogen (secondary N) is 1. The number of nitrogens with zero attached hydrogens (tertiary/aromatic N) is 1. The summed E-state index contributed by atoms with van der Waals surface area (Å²) in [4.78, 5) is 10.8. The number of aryl methyl sites for hydroxylation is 1. The lowest BCUT2D eigenvalue weighted by atomic mass is 10.0. The van der Waals surface area contributed by atoms with E-state index in [9.17, 15) is 4.79 Å². The van der Waals surface area contributed by atoms with E-state index in [4.69, 9.17) is 9.47 Å². The van der Waals surface area contributed by atoms with E-state index in [-0.39, 0.29) is 5.91 Å². The number of benzene rings is 2. The van der Waals surface area contributed by atoms with E-state index in [1.807, 2.05) is 24.3 Å². The summed E-state index contributed by atoms with van der Waals surface area (Å²) in [5.74, 6) is 1.90. The Morgan fingerprint density at radius 1 is 1.12 bits per heavy atom. The summed E-state index contributed by atoms with van der Waals surface area (Å²) in [6.07, 6.45) is 1.58. The Morgan fingerprint density at radius 2 is 1.81 bits per heavy atom. The highest BCUT2D eigenvalue weighted by Crippen LogP contribution is 2.27. The fourth-order valence-electron chi connectivity index (χ4n) is 2.40. The summed E-state index contributed by atoms with van der Waals surface area (Å²) in [5, 5.41) is 3.82. The van der Waals surface area contributed by atoms with E-state index in [1.165, 1.54) is 18.1 Å². The van der Waals surface area contributed by atoms with Gasteiger partial charge in [-0.1, -0.05) is 26.0 Å². The van der Waals surface area contributed by atoms with Crippen LogP contribution in [0, 0.1) is 6.92 Å². The number of hydrazone groups is 1. The molecule has 0 saturated carbocycles. The molecule has 5 nitrogen and oxygen atoms in total. The van der Waals surface area contributed by atoms with Gasteiger partial charge < -0.3 is 9.47 Å². The van der Waals surface area contributed by atoms with Crippen LogP contribution in [-0.2, 0) is 4.79 Å². The van der Waals surface area contributed by atoms with Gasteiger partial charge >= 0.3 is 0 Å². The molecule has 0 atom stereocenters. The minimum Gasteiger partial charge on any atom is -0.490 e. The van der Waals surface area contributed by atoms with Crippen molar-refractivity contribution in [3.05, 3.63) is 59.2 Å². The highest BCUT2D eigenvalue weighted by Gasteiger charge is 2.08. The average Bonchev–Trinajstić information content (AvgIpc) is 2.59.